The van der Waals surface area contributed by atoms with Gasteiger partial charge in [0.25, 0.3) is 11.8 Å². The van der Waals surface area contributed by atoms with E-state index in [-0.39, 0.29) is 17.9 Å². The Morgan fingerprint density at radius 2 is 1.63 bits per heavy atom. The average molecular weight is 477 g/mol. The number of carbonyl (C=O) groups is 3. The van der Waals surface area contributed by atoms with Crippen LogP contribution in [0.2, 0.25) is 0 Å². The quantitative estimate of drug-likeness (QED) is 0.200. The number of halogens is 1. The van der Waals surface area contributed by atoms with Gasteiger partial charge in [0.2, 0.25) is 0 Å². The molecule has 0 aromatic heterocycles. The van der Waals surface area contributed by atoms with Crippen molar-refractivity contribution in [1.82, 2.24) is 10.7 Å². The molecule has 0 aliphatic carbocycles. The van der Waals surface area contributed by atoms with E-state index in [1.54, 1.807) is 42.5 Å². The molecule has 9 heteroatoms. The third-order valence-electron chi connectivity index (χ3n) is 4.59. The van der Waals surface area contributed by atoms with Gasteiger partial charge in [-0.2, -0.15) is 5.10 Å². The summed E-state index contributed by atoms with van der Waals surface area (Å²) in [6.45, 7) is 2.34. The summed E-state index contributed by atoms with van der Waals surface area (Å²) in [5.41, 5.74) is 3.17. The maximum absolute atomic E-state index is 13.7. The van der Waals surface area contributed by atoms with Crippen molar-refractivity contribution in [3.8, 4) is 11.5 Å². The lowest BCUT2D eigenvalue weighted by Crippen LogP contribution is -2.34. The van der Waals surface area contributed by atoms with Crippen LogP contribution in [0.25, 0.3) is 0 Å². The van der Waals surface area contributed by atoms with E-state index >= 15 is 0 Å². The second-order valence-corrected chi connectivity index (χ2v) is 7.29. The zero-order chi connectivity index (χ0) is 25.0. The lowest BCUT2D eigenvalue weighted by Gasteiger charge is -2.07. The monoisotopic (exact) mass is 477 g/mol. The molecule has 0 aliphatic heterocycles. The molecular weight excluding hydrogens is 453 g/mol. The molecule has 0 spiro atoms. The molecule has 3 rings (SSSR count). The highest BCUT2D eigenvalue weighted by atomic mass is 19.1. The molecule has 2 amide bonds. The molecule has 0 saturated carbocycles. The molecule has 180 valence electrons. The summed E-state index contributed by atoms with van der Waals surface area (Å²) in [6.07, 6.45) is 2.27. The van der Waals surface area contributed by atoms with Gasteiger partial charge in [0, 0.05) is 5.56 Å². The Morgan fingerprint density at radius 3 is 2.31 bits per heavy atom. The van der Waals surface area contributed by atoms with Crippen LogP contribution in [0, 0.1) is 5.82 Å². The minimum absolute atomic E-state index is 0.161. The Morgan fingerprint density at radius 1 is 0.943 bits per heavy atom. The fraction of sp³-hybridized carbons (Fsp3) is 0.154. The van der Waals surface area contributed by atoms with Crippen LogP contribution in [-0.2, 0) is 4.79 Å². The van der Waals surface area contributed by atoms with Crippen molar-refractivity contribution < 1.29 is 28.2 Å². The van der Waals surface area contributed by atoms with E-state index < -0.39 is 23.6 Å². The third-order valence-corrected chi connectivity index (χ3v) is 4.59. The molecule has 0 saturated heterocycles. The number of rotatable bonds is 10. The average Bonchev–Trinajstić information content (AvgIpc) is 2.87. The molecule has 0 atom stereocenters. The molecule has 0 radical (unpaired) electrons. The van der Waals surface area contributed by atoms with E-state index in [4.69, 9.17) is 9.47 Å². The first kappa shape index (κ1) is 25.1. The smallest absolute Gasteiger partial charge is 0.346 e. The van der Waals surface area contributed by atoms with Crippen LogP contribution < -0.4 is 20.2 Å². The first-order chi connectivity index (χ1) is 17.0. The lowest BCUT2D eigenvalue weighted by molar-refractivity contribution is -0.120. The molecule has 0 bridgehead atoms. The second-order valence-electron chi connectivity index (χ2n) is 7.29. The van der Waals surface area contributed by atoms with E-state index in [9.17, 15) is 18.8 Å². The highest BCUT2D eigenvalue weighted by molar-refractivity contribution is 5.96. The van der Waals surface area contributed by atoms with Crippen LogP contribution in [0.4, 0.5) is 4.39 Å². The number of amides is 2. The van der Waals surface area contributed by atoms with Crippen LogP contribution in [-0.4, -0.2) is 37.1 Å². The van der Waals surface area contributed by atoms with E-state index in [2.05, 4.69) is 15.8 Å². The molecule has 0 heterocycles. The molecule has 3 aromatic rings. The summed E-state index contributed by atoms with van der Waals surface area (Å²) in [5.74, 6) is -1.47. The Labute approximate surface area is 201 Å². The normalized spacial score (nSPS) is 10.6. The number of nitrogens with zero attached hydrogens (tertiary/aromatic N) is 1. The van der Waals surface area contributed by atoms with E-state index in [1.165, 1.54) is 36.5 Å². The van der Waals surface area contributed by atoms with Gasteiger partial charge in [-0.3, -0.25) is 9.59 Å². The Balaban J connectivity index is 1.42. The predicted octanol–water partition coefficient (Wildman–Crippen LogP) is 3.71. The second kappa shape index (κ2) is 12.6. The fourth-order valence-corrected chi connectivity index (χ4v) is 2.81. The Bertz CT molecular complexity index is 1190. The van der Waals surface area contributed by atoms with E-state index in [1.807, 2.05) is 6.92 Å². The van der Waals surface area contributed by atoms with E-state index in [0.29, 0.717) is 23.5 Å². The van der Waals surface area contributed by atoms with Crippen molar-refractivity contribution in [3.05, 3.63) is 95.3 Å². The highest BCUT2D eigenvalue weighted by Crippen LogP contribution is 2.15. The lowest BCUT2D eigenvalue weighted by atomic mass is 10.2. The van der Waals surface area contributed by atoms with Crippen molar-refractivity contribution in [3.63, 3.8) is 0 Å². The first-order valence-corrected chi connectivity index (χ1v) is 10.9. The predicted molar refractivity (Wildman–Crippen MR) is 128 cm³/mol. The van der Waals surface area contributed by atoms with Crippen LogP contribution in [0.5, 0.6) is 11.5 Å². The molecule has 0 fully saturated rings. The molecule has 0 unspecified atom stereocenters. The van der Waals surface area contributed by atoms with Gasteiger partial charge in [-0.1, -0.05) is 19.1 Å². The highest BCUT2D eigenvalue weighted by Gasteiger charge is 2.13. The van der Waals surface area contributed by atoms with Crippen LogP contribution >= 0.6 is 0 Å². The number of hydrogen-bond donors (Lipinski definition) is 2. The minimum atomic E-state index is -0.806. The number of ether oxygens (including phenoxy) is 2. The number of hydrazone groups is 1. The zero-order valence-electron chi connectivity index (χ0n) is 19.0. The van der Waals surface area contributed by atoms with Gasteiger partial charge in [-0.15, -0.1) is 0 Å². The molecule has 35 heavy (non-hydrogen) atoms. The van der Waals surface area contributed by atoms with Crippen LogP contribution in [0.15, 0.2) is 77.9 Å². The summed E-state index contributed by atoms with van der Waals surface area (Å²) in [6, 6.07) is 18.4. The largest absolute Gasteiger partial charge is 0.494 e. The van der Waals surface area contributed by atoms with Gasteiger partial charge in [-0.25, -0.2) is 14.6 Å². The van der Waals surface area contributed by atoms with Gasteiger partial charge in [-0.05, 0) is 72.6 Å². The minimum Gasteiger partial charge on any atom is -0.494 e. The van der Waals surface area contributed by atoms with Crippen molar-refractivity contribution in [2.24, 2.45) is 5.10 Å². The van der Waals surface area contributed by atoms with Crippen molar-refractivity contribution in [1.29, 1.82) is 0 Å². The third kappa shape index (κ3) is 7.78. The summed E-state index contributed by atoms with van der Waals surface area (Å²) >= 11 is 0. The number of nitrogens with one attached hydrogen (secondary N) is 2. The topological polar surface area (TPSA) is 106 Å². The van der Waals surface area contributed by atoms with Crippen molar-refractivity contribution in [2.75, 3.05) is 13.2 Å². The van der Waals surface area contributed by atoms with Gasteiger partial charge in [0.1, 0.15) is 17.3 Å². The molecule has 0 aliphatic rings. The summed E-state index contributed by atoms with van der Waals surface area (Å²) in [4.78, 5) is 36.1. The first-order valence-electron chi connectivity index (χ1n) is 10.9. The number of hydrogen-bond acceptors (Lipinski definition) is 6. The molecule has 8 nitrogen and oxygen atoms in total. The Kier molecular flexibility index (Phi) is 9.07. The van der Waals surface area contributed by atoms with Crippen LogP contribution in [0.3, 0.4) is 0 Å². The summed E-state index contributed by atoms with van der Waals surface area (Å²) in [7, 11) is 0. The Hall–Kier alpha value is -4.53. The van der Waals surface area contributed by atoms with Gasteiger partial charge >= 0.3 is 5.97 Å². The van der Waals surface area contributed by atoms with Crippen LogP contribution in [0.1, 0.15) is 39.6 Å². The van der Waals surface area contributed by atoms with Gasteiger partial charge in [0.05, 0.1) is 24.9 Å². The standard InChI is InChI=1S/C26H24FN3O5/c1-2-15-34-20-13-9-19(10-14-20)25(32)28-17-24(31)30-29-16-18-7-11-21(12-8-18)35-26(33)22-5-3-4-6-23(22)27/h3-14,16H,2,15,17H2,1H3,(H,28,32)(H,30,31). The molecule has 2 N–H and O–H groups in total. The maximum Gasteiger partial charge on any atom is 0.346 e. The van der Waals surface area contributed by atoms with Crippen molar-refractivity contribution in [2.45, 2.75) is 13.3 Å². The SMILES string of the molecule is CCCOc1ccc(C(=O)NCC(=O)NN=Cc2ccc(OC(=O)c3ccccc3F)cc2)cc1. The van der Waals surface area contributed by atoms with Crippen molar-refractivity contribution >= 4 is 24.0 Å². The number of carbonyl (C=O) groups excluding carboxylic acids is 3. The van der Waals surface area contributed by atoms with E-state index in [0.717, 1.165) is 6.42 Å². The maximum atomic E-state index is 13.7. The zero-order valence-corrected chi connectivity index (χ0v) is 19.0. The molecule has 3 aromatic carbocycles. The molecular formula is C26H24FN3O5. The summed E-state index contributed by atoms with van der Waals surface area (Å²) in [5, 5.41) is 6.34. The fourth-order valence-electron chi connectivity index (χ4n) is 2.81. The van der Waals surface area contributed by atoms with Gasteiger partial charge < -0.3 is 14.8 Å². The summed E-state index contributed by atoms with van der Waals surface area (Å²) < 4.78 is 24.3. The van der Waals surface area contributed by atoms with Gasteiger partial charge in [0.15, 0.2) is 0 Å². The number of esters is 1. The number of benzene rings is 3.